The lowest BCUT2D eigenvalue weighted by atomic mass is 10.0. The first-order valence-electron chi connectivity index (χ1n) is 3.85. The van der Waals surface area contributed by atoms with Gasteiger partial charge in [0.05, 0.1) is 0 Å². The van der Waals surface area contributed by atoms with Gasteiger partial charge in [0.15, 0.2) is 0 Å². The molecule has 0 heterocycles. The summed E-state index contributed by atoms with van der Waals surface area (Å²) in [5.74, 6) is -0.667. The highest BCUT2D eigenvalue weighted by Crippen LogP contribution is 2.26. The lowest BCUT2D eigenvalue weighted by Gasteiger charge is -2.11. The first-order chi connectivity index (χ1) is 6.02. The fourth-order valence-corrected chi connectivity index (χ4v) is 1.15. The molecule has 1 rings (SSSR count). The molecule has 1 atom stereocenters. The molecule has 0 aliphatic rings. The molecule has 1 aromatic carbocycles. The number of alkyl halides is 2. The van der Waals surface area contributed by atoms with Gasteiger partial charge < -0.3 is 5.73 Å². The Morgan fingerprint density at radius 3 is 2.31 bits per heavy atom. The third-order valence-corrected chi connectivity index (χ3v) is 1.77. The van der Waals surface area contributed by atoms with Gasteiger partial charge in [0.25, 0.3) is 6.43 Å². The minimum absolute atomic E-state index is 0.288. The minimum Gasteiger partial charge on any atom is -0.324 e. The van der Waals surface area contributed by atoms with E-state index in [9.17, 15) is 13.2 Å². The van der Waals surface area contributed by atoms with Gasteiger partial charge in [-0.2, -0.15) is 0 Å². The number of halogens is 3. The Labute approximate surface area is 74.4 Å². The second kappa shape index (κ2) is 3.79. The molecule has 0 bridgehead atoms. The molecular formula is C9H10F3N. The van der Waals surface area contributed by atoms with Gasteiger partial charge in [-0.15, -0.1) is 0 Å². The molecule has 13 heavy (non-hydrogen) atoms. The van der Waals surface area contributed by atoms with Crippen molar-refractivity contribution in [3.8, 4) is 0 Å². The summed E-state index contributed by atoms with van der Waals surface area (Å²) in [6.07, 6.45) is -2.68. The standard InChI is InChI=1S/C9H10F3N/c1-5(13)7-3-2-6(10)4-8(7)9(11)12/h2-5,9H,13H2,1H3/t5-/m0/s1. The average Bonchev–Trinajstić information content (AvgIpc) is 2.03. The van der Waals surface area contributed by atoms with E-state index in [-0.39, 0.29) is 11.1 Å². The van der Waals surface area contributed by atoms with Crippen LogP contribution >= 0.6 is 0 Å². The van der Waals surface area contributed by atoms with Crippen molar-refractivity contribution in [3.63, 3.8) is 0 Å². The van der Waals surface area contributed by atoms with Crippen LogP contribution in [0.4, 0.5) is 13.2 Å². The predicted octanol–water partition coefficient (Wildman–Crippen LogP) is 2.78. The van der Waals surface area contributed by atoms with E-state index in [4.69, 9.17) is 5.73 Å². The zero-order valence-electron chi connectivity index (χ0n) is 7.10. The number of nitrogens with two attached hydrogens (primary N) is 1. The number of hydrogen-bond acceptors (Lipinski definition) is 1. The molecule has 2 N–H and O–H groups in total. The summed E-state index contributed by atoms with van der Waals surface area (Å²) in [6.45, 7) is 1.58. The van der Waals surface area contributed by atoms with Gasteiger partial charge in [0, 0.05) is 11.6 Å². The van der Waals surface area contributed by atoms with Crippen LogP contribution in [0.3, 0.4) is 0 Å². The molecule has 1 aromatic rings. The van der Waals surface area contributed by atoms with Gasteiger partial charge in [-0.3, -0.25) is 0 Å². The number of rotatable bonds is 2. The van der Waals surface area contributed by atoms with E-state index in [0.717, 1.165) is 12.1 Å². The third-order valence-electron chi connectivity index (χ3n) is 1.77. The Morgan fingerprint density at radius 1 is 1.23 bits per heavy atom. The highest BCUT2D eigenvalue weighted by atomic mass is 19.3. The summed E-state index contributed by atoms with van der Waals surface area (Å²) in [4.78, 5) is 0. The summed E-state index contributed by atoms with van der Waals surface area (Å²) < 4.78 is 37.3. The van der Waals surface area contributed by atoms with Crippen LogP contribution in [0, 0.1) is 5.82 Å². The van der Waals surface area contributed by atoms with Gasteiger partial charge >= 0.3 is 0 Å². The van der Waals surface area contributed by atoms with Crippen molar-refractivity contribution in [2.24, 2.45) is 5.73 Å². The van der Waals surface area contributed by atoms with Crippen molar-refractivity contribution in [2.75, 3.05) is 0 Å². The summed E-state index contributed by atoms with van der Waals surface area (Å²) >= 11 is 0. The molecule has 0 radical (unpaired) electrons. The maximum absolute atomic E-state index is 12.6. The summed E-state index contributed by atoms with van der Waals surface area (Å²) in [6, 6.07) is 2.74. The fourth-order valence-electron chi connectivity index (χ4n) is 1.15. The molecule has 0 unspecified atom stereocenters. The molecule has 0 aliphatic carbocycles. The highest BCUT2D eigenvalue weighted by molar-refractivity contribution is 5.31. The maximum atomic E-state index is 12.6. The van der Waals surface area contributed by atoms with Gasteiger partial charge in [-0.05, 0) is 24.6 Å². The van der Waals surface area contributed by atoms with Crippen molar-refractivity contribution >= 4 is 0 Å². The van der Waals surface area contributed by atoms with E-state index in [0.29, 0.717) is 0 Å². The third kappa shape index (κ3) is 2.21. The minimum atomic E-state index is -2.68. The van der Waals surface area contributed by atoms with Crippen LogP contribution in [0.2, 0.25) is 0 Å². The maximum Gasteiger partial charge on any atom is 0.264 e. The second-order valence-corrected chi connectivity index (χ2v) is 2.86. The van der Waals surface area contributed by atoms with Crippen LogP contribution in [0.1, 0.15) is 30.5 Å². The molecule has 0 saturated heterocycles. The number of hydrogen-bond donors (Lipinski definition) is 1. The number of benzene rings is 1. The molecule has 0 fully saturated rings. The van der Waals surface area contributed by atoms with E-state index < -0.39 is 18.3 Å². The van der Waals surface area contributed by atoms with E-state index in [1.165, 1.54) is 6.07 Å². The molecule has 0 saturated carbocycles. The summed E-state index contributed by atoms with van der Waals surface area (Å²) in [5, 5.41) is 0. The summed E-state index contributed by atoms with van der Waals surface area (Å²) in [7, 11) is 0. The smallest absolute Gasteiger partial charge is 0.264 e. The Bertz CT molecular complexity index is 297. The molecule has 72 valence electrons. The van der Waals surface area contributed by atoms with Gasteiger partial charge in [0.2, 0.25) is 0 Å². The zero-order valence-corrected chi connectivity index (χ0v) is 7.10. The van der Waals surface area contributed by atoms with Crippen molar-refractivity contribution in [1.29, 1.82) is 0 Å². The molecule has 0 aromatic heterocycles. The largest absolute Gasteiger partial charge is 0.324 e. The highest BCUT2D eigenvalue weighted by Gasteiger charge is 2.15. The Balaban J connectivity index is 3.19. The van der Waals surface area contributed by atoms with Crippen molar-refractivity contribution in [3.05, 3.63) is 35.1 Å². The van der Waals surface area contributed by atoms with Gasteiger partial charge in [0.1, 0.15) is 5.82 Å². The van der Waals surface area contributed by atoms with E-state index in [1.807, 2.05) is 0 Å². The average molecular weight is 189 g/mol. The van der Waals surface area contributed by atoms with Crippen LogP contribution in [0.15, 0.2) is 18.2 Å². The Hall–Kier alpha value is -1.03. The van der Waals surface area contributed by atoms with Crippen molar-refractivity contribution in [1.82, 2.24) is 0 Å². The van der Waals surface area contributed by atoms with E-state index >= 15 is 0 Å². The molecule has 0 spiro atoms. The lowest BCUT2D eigenvalue weighted by Crippen LogP contribution is -2.08. The Kier molecular flexibility index (Phi) is 2.93. The fraction of sp³-hybridized carbons (Fsp3) is 0.333. The monoisotopic (exact) mass is 189 g/mol. The van der Waals surface area contributed by atoms with E-state index in [2.05, 4.69) is 0 Å². The van der Waals surface area contributed by atoms with Crippen LogP contribution in [-0.2, 0) is 0 Å². The topological polar surface area (TPSA) is 26.0 Å². The molecule has 1 nitrogen and oxygen atoms in total. The van der Waals surface area contributed by atoms with Gasteiger partial charge in [-0.25, -0.2) is 13.2 Å². The predicted molar refractivity (Wildman–Crippen MR) is 44.0 cm³/mol. The first-order valence-corrected chi connectivity index (χ1v) is 3.85. The molecule has 0 amide bonds. The molecule has 0 aliphatic heterocycles. The molecular weight excluding hydrogens is 179 g/mol. The second-order valence-electron chi connectivity index (χ2n) is 2.86. The lowest BCUT2D eigenvalue weighted by molar-refractivity contribution is 0.149. The van der Waals surface area contributed by atoms with Crippen LogP contribution in [0.25, 0.3) is 0 Å². The van der Waals surface area contributed by atoms with Gasteiger partial charge in [-0.1, -0.05) is 6.07 Å². The van der Waals surface area contributed by atoms with E-state index in [1.54, 1.807) is 6.92 Å². The van der Waals surface area contributed by atoms with Crippen LogP contribution < -0.4 is 5.73 Å². The van der Waals surface area contributed by atoms with Crippen LogP contribution in [-0.4, -0.2) is 0 Å². The Morgan fingerprint density at radius 2 is 1.85 bits per heavy atom. The van der Waals surface area contributed by atoms with Crippen LogP contribution in [0.5, 0.6) is 0 Å². The SMILES string of the molecule is C[C@H](N)c1ccc(F)cc1C(F)F. The first kappa shape index (κ1) is 10.1. The zero-order chi connectivity index (χ0) is 10.0. The summed E-state index contributed by atoms with van der Waals surface area (Å²) in [5.41, 5.74) is 5.41. The van der Waals surface area contributed by atoms with Crippen molar-refractivity contribution in [2.45, 2.75) is 19.4 Å². The normalized spacial score (nSPS) is 13.4. The quantitative estimate of drug-likeness (QED) is 0.760. The molecule has 4 heteroatoms. The van der Waals surface area contributed by atoms with Crippen molar-refractivity contribution < 1.29 is 13.2 Å².